The van der Waals surface area contributed by atoms with Gasteiger partial charge in [-0.1, -0.05) is 0 Å². The third-order valence-electron chi connectivity index (χ3n) is 4.21. The number of hydrogen-bond donors (Lipinski definition) is 2. The molecular weight excluding hydrogens is 462 g/mol. The number of carbonyl (C=O) groups is 1. The van der Waals surface area contributed by atoms with Crippen LogP contribution in [-0.4, -0.2) is 34.2 Å². The number of aromatic nitrogens is 2. The maximum atomic E-state index is 14.4. The van der Waals surface area contributed by atoms with Crippen molar-refractivity contribution in [2.45, 2.75) is 31.2 Å². The van der Waals surface area contributed by atoms with Crippen LogP contribution < -0.4 is 11.1 Å². The van der Waals surface area contributed by atoms with Gasteiger partial charge >= 0.3 is 6.18 Å². The second-order valence-corrected chi connectivity index (χ2v) is 7.37. The number of amidine groups is 1. The highest BCUT2D eigenvalue weighted by atomic mass is 79.9. The molecule has 0 saturated heterocycles. The average molecular weight is 476 g/mol. The second-order valence-electron chi connectivity index (χ2n) is 6.45. The minimum atomic E-state index is -4.72. The summed E-state index contributed by atoms with van der Waals surface area (Å²) in [6.45, 7) is 1.28. The molecule has 2 aromatic rings. The molecule has 2 aromatic heterocycles. The summed E-state index contributed by atoms with van der Waals surface area (Å²) in [6.07, 6.45) is -5.23. The Morgan fingerprint density at radius 3 is 2.69 bits per heavy atom. The quantitative estimate of drug-likeness (QED) is 0.522. The van der Waals surface area contributed by atoms with Gasteiger partial charge in [0.1, 0.15) is 5.69 Å². The predicted octanol–water partition coefficient (Wildman–Crippen LogP) is 3.51. The maximum absolute atomic E-state index is 14.4. The van der Waals surface area contributed by atoms with Gasteiger partial charge in [-0.15, -0.1) is 0 Å². The molecule has 2 atom stereocenters. The van der Waals surface area contributed by atoms with Crippen molar-refractivity contribution < 1.29 is 27.1 Å². The molecule has 0 aromatic carbocycles. The van der Waals surface area contributed by atoms with Crippen LogP contribution >= 0.6 is 15.9 Å². The number of carbonyl (C=O) groups excluding carboxylic acids is 1. The first-order chi connectivity index (χ1) is 13.5. The number of anilines is 1. The van der Waals surface area contributed by atoms with E-state index in [1.165, 1.54) is 19.2 Å². The van der Waals surface area contributed by atoms with Gasteiger partial charge in [0.15, 0.2) is 6.10 Å². The number of rotatable bonds is 3. The molecule has 0 radical (unpaired) electrons. The molecule has 0 aliphatic carbocycles. The lowest BCUT2D eigenvalue weighted by Crippen LogP contribution is -2.46. The molecule has 3 heterocycles. The molecular formula is C17H14BrF4N5O2. The zero-order chi connectivity index (χ0) is 21.4. The predicted molar refractivity (Wildman–Crippen MR) is 98.6 cm³/mol. The first-order valence-corrected chi connectivity index (χ1v) is 8.95. The van der Waals surface area contributed by atoms with Crippen LogP contribution in [0.15, 0.2) is 40.1 Å². The number of nitrogens with one attached hydrogen (secondary N) is 1. The Balaban J connectivity index is 1.91. The summed E-state index contributed by atoms with van der Waals surface area (Å²) in [4.78, 5) is 23.6. The zero-order valence-corrected chi connectivity index (χ0v) is 16.4. The second kappa shape index (κ2) is 7.58. The standard InChI is InChI=1S/C17H14BrF4N5O2/c1-16(5-12(17(20,21)22)29-15(23)27-16)10-4-9(7-25-13(10)19)26-14(28)11-3-2-8(18)6-24-11/h2-4,6-7,12H,5H2,1H3,(H2,23,27)(H,26,28)/t12-,16-/m0/s1. The molecule has 29 heavy (non-hydrogen) atoms. The number of nitrogens with zero attached hydrogens (tertiary/aromatic N) is 3. The maximum Gasteiger partial charge on any atom is 0.425 e. The fraction of sp³-hybridized carbons (Fsp3) is 0.294. The van der Waals surface area contributed by atoms with E-state index in [-0.39, 0.29) is 16.9 Å². The van der Waals surface area contributed by atoms with Gasteiger partial charge in [-0.3, -0.25) is 4.79 Å². The fourth-order valence-corrected chi connectivity index (χ4v) is 3.05. The number of ether oxygens (including phenoxy) is 1. The molecule has 0 fully saturated rings. The van der Waals surface area contributed by atoms with Crippen molar-refractivity contribution in [2.24, 2.45) is 10.7 Å². The van der Waals surface area contributed by atoms with Crippen molar-refractivity contribution in [3.63, 3.8) is 0 Å². The van der Waals surface area contributed by atoms with Crippen LogP contribution in [0, 0.1) is 5.95 Å². The van der Waals surface area contributed by atoms with Crippen molar-refractivity contribution in [3.8, 4) is 0 Å². The van der Waals surface area contributed by atoms with Crippen LogP contribution in [0.2, 0.25) is 0 Å². The van der Waals surface area contributed by atoms with Gasteiger partial charge in [0, 0.05) is 22.7 Å². The van der Waals surface area contributed by atoms with Gasteiger partial charge in [-0.05, 0) is 41.1 Å². The number of aliphatic imine (C=N–C) groups is 1. The lowest BCUT2D eigenvalue weighted by atomic mass is 9.86. The molecule has 7 nitrogen and oxygen atoms in total. The van der Waals surface area contributed by atoms with Gasteiger partial charge in [-0.25, -0.2) is 15.0 Å². The van der Waals surface area contributed by atoms with E-state index in [2.05, 4.69) is 40.9 Å². The smallest absolute Gasteiger partial charge is 0.425 e. The number of nitrogens with two attached hydrogens (primary N) is 1. The topological polar surface area (TPSA) is 102 Å². The number of halogens is 5. The Bertz CT molecular complexity index is 967. The van der Waals surface area contributed by atoms with Crippen LogP contribution in [0.5, 0.6) is 0 Å². The van der Waals surface area contributed by atoms with E-state index in [9.17, 15) is 22.4 Å². The molecule has 154 valence electrons. The highest BCUT2D eigenvalue weighted by Gasteiger charge is 2.50. The minimum Gasteiger partial charge on any atom is -0.452 e. The summed E-state index contributed by atoms with van der Waals surface area (Å²) in [5, 5.41) is 2.48. The SMILES string of the molecule is C[C@@]1(c2cc(NC(=O)c3ccc(Br)cn3)cnc2F)C[C@@H](C(F)(F)F)OC(N)=N1. The van der Waals surface area contributed by atoms with E-state index in [4.69, 9.17) is 5.73 Å². The summed E-state index contributed by atoms with van der Waals surface area (Å²) in [5.74, 6) is -1.64. The summed E-state index contributed by atoms with van der Waals surface area (Å²) >= 11 is 3.19. The first-order valence-electron chi connectivity index (χ1n) is 8.15. The Morgan fingerprint density at radius 1 is 1.34 bits per heavy atom. The van der Waals surface area contributed by atoms with Crippen molar-refractivity contribution in [1.82, 2.24) is 9.97 Å². The van der Waals surface area contributed by atoms with Gasteiger partial charge in [0.25, 0.3) is 11.9 Å². The Hall–Kier alpha value is -2.76. The summed E-state index contributed by atoms with van der Waals surface area (Å²) < 4.78 is 59.0. The van der Waals surface area contributed by atoms with Gasteiger partial charge in [0.05, 0.1) is 17.4 Å². The minimum absolute atomic E-state index is 0.0566. The number of pyridine rings is 2. The van der Waals surface area contributed by atoms with Crippen molar-refractivity contribution in [1.29, 1.82) is 0 Å². The Labute approximate surface area is 170 Å². The van der Waals surface area contributed by atoms with Crippen LogP contribution in [0.4, 0.5) is 23.2 Å². The lowest BCUT2D eigenvalue weighted by Gasteiger charge is -2.35. The van der Waals surface area contributed by atoms with Crippen molar-refractivity contribution in [3.05, 3.63) is 52.3 Å². The van der Waals surface area contributed by atoms with Crippen molar-refractivity contribution >= 4 is 33.5 Å². The fourth-order valence-electron chi connectivity index (χ4n) is 2.82. The zero-order valence-electron chi connectivity index (χ0n) is 14.8. The van der Waals surface area contributed by atoms with E-state index >= 15 is 0 Å². The third kappa shape index (κ3) is 4.63. The van der Waals surface area contributed by atoms with E-state index in [1.807, 2.05) is 0 Å². The van der Waals surface area contributed by atoms with E-state index < -0.39 is 42.1 Å². The number of amides is 1. The molecule has 1 aliphatic heterocycles. The number of alkyl halides is 3. The monoisotopic (exact) mass is 475 g/mol. The molecule has 0 spiro atoms. The van der Waals surface area contributed by atoms with Gasteiger partial charge in [0.2, 0.25) is 5.95 Å². The normalized spacial score (nSPS) is 21.9. The number of hydrogen-bond acceptors (Lipinski definition) is 6. The third-order valence-corrected chi connectivity index (χ3v) is 4.67. The average Bonchev–Trinajstić information content (AvgIpc) is 2.62. The van der Waals surface area contributed by atoms with E-state index in [0.29, 0.717) is 4.47 Å². The highest BCUT2D eigenvalue weighted by Crippen LogP contribution is 2.40. The van der Waals surface area contributed by atoms with Gasteiger partial charge in [-0.2, -0.15) is 17.6 Å². The summed E-state index contributed by atoms with van der Waals surface area (Å²) in [5.41, 5.74) is 3.57. The molecule has 1 amide bonds. The lowest BCUT2D eigenvalue weighted by molar-refractivity contribution is -0.208. The molecule has 0 bridgehead atoms. The van der Waals surface area contributed by atoms with Crippen LogP contribution in [-0.2, 0) is 10.3 Å². The molecule has 0 saturated carbocycles. The largest absolute Gasteiger partial charge is 0.452 e. The van der Waals surface area contributed by atoms with Crippen LogP contribution in [0.3, 0.4) is 0 Å². The van der Waals surface area contributed by atoms with E-state index in [1.54, 1.807) is 6.07 Å². The highest BCUT2D eigenvalue weighted by molar-refractivity contribution is 9.10. The summed E-state index contributed by atoms with van der Waals surface area (Å²) in [7, 11) is 0. The van der Waals surface area contributed by atoms with Crippen molar-refractivity contribution in [2.75, 3.05) is 5.32 Å². The Morgan fingerprint density at radius 2 is 2.07 bits per heavy atom. The molecule has 3 rings (SSSR count). The summed E-state index contributed by atoms with van der Waals surface area (Å²) in [6, 6.07) is 3.51. The molecule has 1 aliphatic rings. The van der Waals surface area contributed by atoms with Crippen LogP contribution in [0.25, 0.3) is 0 Å². The van der Waals surface area contributed by atoms with Crippen LogP contribution in [0.1, 0.15) is 29.4 Å². The van der Waals surface area contributed by atoms with E-state index in [0.717, 1.165) is 12.3 Å². The molecule has 0 unspecified atom stereocenters. The first kappa shape index (κ1) is 21.0. The molecule has 3 N–H and O–H groups in total. The van der Waals surface area contributed by atoms with Gasteiger partial charge < -0.3 is 15.8 Å². The molecule has 12 heteroatoms. The Kier molecular flexibility index (Phi) is 5.48.